The van der Waals surface area contributed by atoms with Crippen LogP contribution >= 0.6 is 0 Å². The first kappa shape index (κ1) is 18.4. The number of aromatic nitrogens is 1. The van der Waals surface area contributed by atoms with Gasteiger partial charge in [0.25, 0.3) is 0 Å². The van der Waals surface area contributed by atoms with Crippen molar-refractivity contribution in [2.45, 2.75) is 26.9 Å². The monoisotopic (exact) mass is 364 g/mol. The van der Waals surface area contributed by atoms with Crippen molar-refractivity contribution in [1.82, 2.24) is 4.98 Å². The third kappa shape index (κ3) is 3.89. The van der Waals surface area contributed by atoms with Crippen molar-refractivity contribution >= 4 is 34.3 Å². The Morgan fingerprint density at radius 1 is 1.07 bits per heavy atom. The van der Waals surface area contributed by atoms with Crippen molar-refractivity contribution in [1.29, 1.82) is 0 Å². The summed E-state index contributed by atoms with van der Waals surface area (Å²) in [6, 6.07) is 13.9. The molecule has 6 nitrogen and oxygen atoms in total. The number of anilines is 1. The topological polar surface area (TPSA) is 88.3 Å². The molecule has 0 spiro atoms. The largest absolute Gasteiger partial charge is 0.451 e. The predicted molar refractivity (Wildman–Crippen MR) is 103 cm³/mol. The third-order valence-corrected chi connectivity index (χ3v) is 4.21. The molecule has 3 aromatic rings. The first-order valence-corrected chi connectivity index (χ1v) is 8.57. The molecule has 1 amide bonds. The summed E-state index contributed by atoms with van der Waals surface area (Å²) in [7, 11) is 0. The Labute approximate surface area is 156 Å². The molecule has 27 heavy (non-hydrogen) atoms. The van der Waals surface area contributed by atoms with Crippen LogP contribution in [0.1, 0.15) is 40.3 Å². The van der Waals surface area contributed by atoms with E-state index < -0.39 is 12.1 Å². The number of carbonyl (C=O) groups is 3. The number of H-pyrrole nitrogens is 1. The maximum atomic E-state index is 12.9. The molecule has 6 heteroatoms. The average molecular weight is 364 g/mol. The van der Waals surface area contributed by atoms with E-state index in [0.717, 1.165) is 16.6 Å². The Hall–Kier alpha value is -3.41. The van der Waals surface area contributed by atoms with Crippen LogP contribution in [0.5, 0.6) is 0 Å². The van der Waals surface area contributed by atoms with Gasteiger partial charge >= 0.3 is 5.97 Å². The number of Topliss-reactive ketones (excluding diaryl/α,β-unsaturated/α-hetero) is 1. The third-order valence-electron chi connectivity index (χ3n) is 4.21. The molecule has 0 radical (unpaired) electrons. The summed E-state index contributed by atoms with van der Waals surface area (Å²) in [6.45, 7) is 4.76. The quantitative estimate of drug-likeness (QED) is 0.531. The van der Waals surface area contributed by atoms with E-state index in [9.17, 15) is 14.4 Å². The fraction of sp³-hybridized carbons (Fsp3) is 0.190. The van der Waals surface area contributed by atoms with Crippen LogP contribution in [0.15, 0.2) is 48.5 Å². The van der Waals surface area contributed by atoms with Crippen LogP contribution in [0.25, 0.3) is 10.9 Å². The summed E-state index contributed by atoms with van der Waals surface area (Å²) in [5.41, 5.74) is 2.87. The van der Waals surface area contributed by atoms with Crippen LogP contribution in [0.2, 0.25) is 0 Å². The number of ether oxygens (including phenoxy) is 1. The molecule has 0 unspecified atom stereocenters. The standard InChI is InChI=1S/C21H20N2O4/c1-12-19(17-9-4-5-10-18(17)22-12)20(25)13(2)27-21(26)15-7-6-8-16(11-15)23-14(3)24/h4-11,13,22H,1-3H3,(H,23,24)/t13-/m1/s1. The van der Waals surface area contributed by atoms with Crippen LogP contribution < -0.4 is 5.32 Å². The Balaban J connectivity index is 1.79. The summed E-state index contributed by atoms with van der Waals surface area (Å²) in [4.78, 5) is 39.6. The number of esters is 1. The number of aryl methyl sites for hydroxylation is 1. The summed E-state index contributed by atoms with van der Waals surface area (Å²) in [6.07, 6.45) is -0.945. The molecule has 0 aliphatic rings. The normalized spacial score (nSPS) is 11.8. The number of rotatable bonds is 5. The van der Waals surface area contributed by atoms with Crippen molar-refractivity contribution in [3.63, 3.8) is 0 Å². The van der Waals surface area contributed by atoms with Crippen molar-refractivity contribution in [3.8, 4) is 0 Å². The van der Waals surface area contributed by atoms with E-state index in [1.807, 2.05) is 31.2 Å². The summed E-state index contributed by atoms with van der Waals surface area (Å²) < 4.78 is 5.37. The van der Waals surface area contributed by atoms with Crippen LogP contribution in [0.3, 0.4) is 0 Å². The van der Waals surface area contributed by atoms with Gasteiger partial charge in [0.2, 0.25) is 11.7 Å². The summed E-state index contributed by atoms with van der Waals surface area (Å²) in [5, 5.41) is 3.41. The maximum Gasteiger partial charge on any atom is 0.338 e. The van der Waals surface area contributed by atoms with Gasteiger partial charge in [-0.05, 0) is 38.1 Å². The van der Waals surface area contributed by atoms with Gasteiger partial charge in [0.05, 0.1) is 5.56 Å². The Morgan fingerprint density at radius 3 is 2.56 bits per heavy atom. The van der Waals surface area contributed by atoms with Crippen molar-refractivity contribution in [2.24, 2.45) is 0 Å². The van der Waals surface area contributed by atoms with Gasteiger partial charge in [-0.15, -0.1) is 0 Å². The van der Waals surface area contributed by atoms with Crippen molar-refractivity contribution < 1.29 is 19.1 Å². The molecule has 2 N–H and O–H groups in total. The van der Waals surface area contributed by atoms with Gasteiger partial charge in [0.1, 0.15) is 0 Å². The number of aromatic amines is 1. The lowest BCUT2D eigenvalue weighted by molar-refractivity contribution is -0.114. The molecule has 1 heterocycles. The molecule has 0 fully saturated rings. The molecule has 0 aliphatic carbocycles. The number of hydrogen-bond acceptors (Lipinski definition) is 4. The zero-order valence-corrected chi connectivity index (χ0v) is 15.3. The van der Waals surface area contributed by atoms with Gasteiger partial charge in [0, 0.05) is 34.8 Å². The summed E-state index contributed by atoms with van der Waals surface area (Å²) in [5.74, 6) is -1.13. The van der Waals surface area contributed by atoms with Gasteiger partial charge in [-0.25, -0.2) is 4.79 Å². The molecule has 138 valence electrons. The molecule has 0 saturated heterocycles. The minimum atomic E-state index is -0.945. The Morgan fingerprint density at radius 2 is 1.81 bits per heavy atom. The van der Waals surface area contributed by atoms with E-state index >= 15 is 0 Å². The zero-order chi connectivity index (χ0) is 19.6. The van der Waals surface area contributed by atoms with E-state index in [1.54, 1.807) is 25.1 Å². The molecular formula is C21H20N2O4. The van der Waals surface area contributed by atoms with Crippen LogP contribution in [-0.2, 0) is 9.53 Å². The molecule has 1 atom stereocenters. The minimum Gasteiger partial charge on any atom is -0.451 e. The van der Waals surface area contributed by atoms with Gasteiger partial charge in [-0.3, -0.25) is 9.59 Å². The SMILES string of the molecule is CC(=O)Nc1cccc(C(=O)O[C@H](C)C(=O)c2c(C)[nH]c3ccccc23)c1. The highest BCUT2D eigenvalue weighted by atomic mass is 16.5. The lowest BCUT2D eigenvalue weighted by atomic mass is 10.0. The van der Waals surface area contributed by atoms with Gasteiger partial charge < -0.3 is 15.0 Å². The van der Waals surface area contributed by atoms with Crippen molar-refractivity contribution in [2.75, 3.05) is 5.32 Å². The molecule has 2 aromatic carbocycles. The van der Waals surface area contributed by atoms with E-state index in [0.29, 0.717) is 11.3 Å². The second-order valence-corrected chi connectivity index (χ2v) is 6.34. The fourth-order valence-corrected chi connectivity index (χ4v) is 3.01. The second-order valence-electron chi connectivity index (χ2n) is 6.34. The molecular weight excluding hydrogens is 344 g/mol. The average Bonchev–Trinajstić information content (AvgIpc) is 2.96. The molecule has 1 aromatic heterocycles. The minimum absolute atomic E-state index is 0.237. The molecule has 0 saturated carbocycles. The number of amides is 1. The van der Waals surface area contributed by atoms with Gasteiger partial charge in [-0.1, -0.05) is 24.3 Å². The second kappa shape index (κ2) is 7.45. The number of ketones is 1. The number of carbonyl (C=O) groups excluding carboxylic acids is 3. The van der Waals surface area contributed by atoms with E-state index in [-0.39, 0.29) is 17.3 Å². The van der Waals surface area contributed by atoms with Crippen LogP contribution in [0.4, 0.5) is 5.69 Å². The van der Waals surface area contributed by atoms with E-state index in [2.05, 4.69) is 10.3 Å². The number of fused-ring (bicyclic) bond motifs is 1. The Kier molecular flexibility index (Phi) is 5.07. The Bertz CT molecular complexity index is 1040. The lowest BCUT2D eigenvalue weighted by Gasteiger charge is -2.13. The van der Waals surface area contributed by atoms with Crippen LogP contribution in [0, 0.1) is 6.92 Å². The number of hydrogen-bond donors (Lipinski definition) is 2. The van der Waals surface area contributed by atoms with E-state index in [1.165, 1.54) is 13.0 Å². The number of para-hydroxylation sites is 1. The zero-order valence-electron chi connectivity index (χ0n) is 15.3. The molecule has 0 aliphatic heterocycles. The smallest absolute Gasteiger partial charge is 0.338 e. The first-order chi connectivity index (χ1) is 12.9. The molecule has 0 bridgehead atoms. The molecule has 3 rings (SSSR count). The van der Waals surface area contributed by atoms with Crippen LogP contribution in [-0.4, -0.2) is 28.7 Å². The van der Waals surface area contributed by atoms with Gasteiger partial charge in [0.15, 0.2) is 6.10 Å². The lowest BCUT2D eigenvalue weighted by Crippen LogP contribution is -2.25. The summed E-state index contributed by atoms with van der Waals surface area (Å²) >= 11 is 0. The fourth-order valence-electron chi connectivity index (χ4n) is 3.01. The van der Waals surface area contributed by atoms with Gasteiger partial charge in [-0.2, -0.15) is 0 Å². The van der Waals surface area contributed by atoms with Crippen molar-refractivity contribution in [3.05, 3.63) is 65.4 Å². The maximum absolute atomic E-state index is 12.9. The number of benzene rings is 2. The number of nitrogens with one attached hydrogen (secondary N) is 2. The van der Waals surface area contributed by atoms with E-state index in [4.69, 9.17) is 4.74 Å². The predicted octanol–water partition coefficient (Wildman–Crippen LogP) is 3.86. The highest BCUT2D eigenvalue weighted by Gasteiger charge is 2.25. The highest BCUT2D eigenvalue weighted by molar-refractivity contribution is 6.11. The first-order valence-electron chi connectivity index (χ1n) is 8.57. The highest BCUT2D eigenvalue weighted by Crippen LogP contribution is 2.24.